The number of rotatable bonds is 3. The highest BCUT2D eigenvalue weighted by Crippen LogP contribution is 2.24. The number of benzene rings is 1. The van der Waals surface area contributed by atoms with E-state index in [1.807, 2.05) is 5.38 Å². The van der Waals surface area contributed by atoms with E-state index >= 15 is 0 Å². The van der Waals surface area contributed by atoms with Crippen LogP contribution in [0.4, 0.5) is 0 Å². The third-order valence-corrected chi connectivity index (χ3v) is 5.10. The molecule has 0 fully saturated rings. The summed E-state index contributed by atoms with van der Waals surface area (Å²) in [5.74, 6) is -0.549. The number of carbonyl (C=O) groups is 1. The van der Waals surface area contributed by atoms with Crippen LogP contribution < -0.4 is 5.73 Å². The van der Waals surface area contributed by atoms with E-state index in [0.717, 1.165) is 14.8 Å². The van der Waals surface area contributed by atoms with Crippen molar-refractivity contribution in [1.29, 1.82) is 0 Å². The maximum atomic E-state index is 10.6. The number of carbonyl (C=O) groups excluding carboxylic acids is 1. The zero-order chi connectivity index (χ0) is 17.6. The molecule has 124 valence electrons. The van der Waals surface area contributed by atoms with Gasteiger partial charge in [0.15, 0.2) is 0 Å². The minimum atomic E-state index is -4.01. The van der Waals surface area contributed by atoms with E-state index in [9.17, 15) is 13.2 Å². The quantitative estimate of drug-likeness (QED) is 0.663. The number of thiophene rings is 1. The molecule has 0 unspecified atom stereocenters. The number of primary amides is 1. The second kappa shape index (κ2) is 8.81. The first-order valence-electron chi connectivity index (χ1n) is 5.73. The monoisotopic (exact) mass is 457 g/mol. The summed E-state index contributed by atoms with van der Waals surface area (Å²) in [7, 11) is -4.01. The Labute approximate surface area is 155 Å². The first kappa shape index (κ1) is 20.1. The second-order valence-corrected chi connectivity index (χ2v) is 7.89. The summed E-state index contributed by atoms with van der Waals surface area (Å²) in [6.45, 7) is 0. The topological polar surface area (TPSA) is 97.5 Å². The minimum Gasteiger partial charge on any atom is -0.366 e. The molecule has 2 rings (SSSR count). The first-order chi connectivity index (χ1) is 10.6. The Balaban J connectivity index is 0.000000231. The summed E-state index contributed by atoms with van der Waals surface area (Å²) >= 11 is 15.8. The van der Waals surface area contributed by atoms with Crippen molar-refractivity contribution in [1.82, 2.24) is 0 Å². The molecule has 0 bridgehead atoms. The van der Waals surface area contributed by atoms with Gasteiger partial charge in [-0.1, -0.05) is 23.2 Å². The summed E-state index contributed by atoms with van der Waals surface area (Å²) in [4.78, 5) is 11.4. The fraction of sp³-hybridized carbons (Fsp3) is 0. The lowest BCUT2D eigenvalue weighted by molar-refractivity contribution is 0.100. The van der Waals surface area contributed by atoms with Gasteiger partial charge in [-0.05, 0) is 51.7 Å². The molecule has 0 aliphatic heterocycles. The molecule has 0 aliphatic rings. The molecule has 0 radical (unpaired) electrons. The standard InChI is InChI=1S/C7H5Cl2NO.C6H5BrO3S2/c8-4-1-2-5(7(10)11)6(9)3-4;7-5-1-3-11-6(5)2-4-12(8,9)10/h1-3H,(H2,10,11);1-4H,(H,8,9,10)/b;4-2+. The van der Waals surface area contributed by atoms with Crippen molar-refractivity contribution in [3.05, 3.63) is 60.0 Å². The van der Waals surface area contributed by atoms with Gasteiger partial charge in [-0.3, -0.25) is 9.35 Å². The molecule has 1 amide bonds. The van der Waals surface area contributed by atoms with Crippen LogP contribution >= 0.6 is 50.5 Å². The van der Waals surface area contributed by atoms with E-state index in [-0.39, 0.29) is 10.6 Å². The summed E-state index contributed by atoms with van der Waals surface area (Å²) in [6.07, 6.45) is 1.34. The zero-order valence-corrected chi connectivity index (χ0v) is 16.0. The van der Waals surface area contributed by atoms with Gasteiger partial charge in [-0.25, -0.2) is 0 Å². The maximum Gasteiger partial charge on any atom is 0.287 e. The fourth-order valence-corrected chi connectivity index (χ4v) is 3.55. The van der Waals surface area contributed by atoms with E-state index in [2.05, 4.69) is 15.9 Å². The van der Waals surface area contributed by atoms with E-state index < -0.39 is 16.0 Å². The predicted molar refractivity (Wildman–Crippen MR) is 97.6 cm³/mol. The molecule has 2 aromatic rings. The van der Waals surface area contributed by atoms with Gasteiger partial charge in [0, 0.05) is 14.4 Å². The Morgan fingerprint density at radius 1 is 1.30 bits per heavy atom. The number of hydrogen-bond donors (Lipinski definition) is 2. The van der Waals surface area contributed by atoms with Crippen LogP contribution in [0.2, 0.25) is 10.0 Å². The molecule has 0 atom stereocenters. The van der Waals surface area contributed by atoms with Crippen LogP contribution in [0.25, 0.3) is 6.08 Å². The van der Waals surface area contributed by atoms with Crippen LogP contribution in [-0.2, 0) is 10.1 Å². The lowest BCUT2D eigenvalue weighted by Crippen LogP contribution is -2.11. The van der Waals surface area contributed by atoms with Crippen LogP contribution in [0.3, 0.4) is 0 Å². The van der Waals surface area contributed by atoms with Crippen molar-refractivity contribution >= 4 is 72.6 Å². The Morgan fingerprint density at radius 3 is 2.39 bits per heavy atom. The van der Waals surface area contributed by atoms with Gasteiger partial charge in [-0.2, -0.15) is 8.42 Å². The Kier molecular flexibility index (Phi) is 7.72. The predicted octanol–water partition coefficient (Wildman–Crippen LogP) is 4.46. The lowest BCUT2D eigenvalue weighted by Gasteiger charge is -1.97. The van der Waals surface area contributed by atoms with E-state index in [1.54, 1.807) is 12.1 Å². The second-order valence-electron chi connectivity index (χ2n) is 3.94. The molecule has 1 aromatic carbocycles. The van der Waals surface area contributed by atoms with E-state index in [1.165, 1.54) is 29.5 Å². The van der Waals surface area contributed by atoms with Crippen molar-refractivity contribution in [3.8, 4) is 0 Å². The molecule has 0 saturated heterocycles. The Bertz CT molecular complexity index is 834. The smallest absolute Gasteiger partial charge is 0.287 e. The van der Waals surface area contributed by atoms with Crippen LogP contribution in [-0.4, -0.2) is 18.9 Å². The van der Waals surface area contributed by atoms with Gasteiger partial charge in [-0.15, -0.1) is 11.3 Å². The molecule has 23 heavy (non-hydrogen) atoms. The van der Waals surface area contributed by atoms with Gasteiger partial charge in [0.2, 0.25) is 5.91 Å². The SMILES string of the molecule is NC(=O)c1ccc(Cl)cc1Cl.O=S(=O)(O)/C=C/c1sccc1Br. The molecule has 3 N–H and O–H groups in total. The van der Waals surface area contributed by atoms with Crippen molar-refractivity contribution < 1.29 is 17.8 Å². The van der Waals surface area contributed by atoms with Gasteiger partial charge in [0.25, 0.3) is 10.1 Å². The summed E-state index contributed by atoms with van der Waals surface area (Å²) < 4.78 is 29.8. The van der Waals surface area contributed by atoms with Gasteiger partial charge in [0.1, 0.15) is 0 Å². The van der Waals surface area contributed by atoms with Gasteiger partial charge >= 0.3 is 0 Å². The van der Waals surface area contributed by atoms with Crippen molar-refractivity contribution in [2.24, 2.45) is 5.73 Å². The normalized spacial score (nSPS) is 11.1. The van der Waals surface area contributed by atoms with Crippen molar-refractivity contribution in [2.75, 3.05) is 0 Å². The minimum absolute atomic E-state index is 0.282. The molecule has 5 nitrogen and oxygen atoms in total. The van der Waals surface area contributed by atoms with Crippen LogP contribution in [0.1, 0.15) is 15.2 Å². The van der Waals surface area contributed by atoms with Crippen LogP contribution in [0, 0.1) is 0 Å². The Morgan fingerprint density at radius 2 is 1.96 bits per heavy atom. The highest BCUT2D eigenvalue weighted by atomic mass is 79.9. The lowest BCUT2D eigenvalue weighted by atomic mass is 10.2. The van der Waals surface area contributed by atoms with Crippen LogP contribution in [0.5, 0.6) is 0 Å². The Hall–Kier alpha value is -0.900. The summed E-state index contributed by atoms with van der Waals surface area (Å²) in [5, 5.41) is 3.34. The third kappa shape index (κ3) is 7.47. The average molecular weight is 459 g/mol. The maximum absolute atomic E-state index is 10.6. The largest absolute Gasteiger partial charge is 0.366 e. The highest BCUT2D eigenvalue weighted by molar-refractivity contribution is 9.10. The van der Waals surface area contributed by atoms with Crippen molar-refractivity contribution in [2.45, 2.75) is 0 Å². The highest BCUT2D eigenvalue weighted by Gasteiger charge is 2.05. The number of hydrogen-bond acceptors (Lipinski definition) is 4. The van der Waals surface area contributed by atoms with E-state index in [0.29, 0.717) is 5.02 Å². The fourth-order valence-electron chi connectivity index (χ4n) is 1.26. The summed E-state index contributed by atoms with van der Waals surface area (Å²) in [5.41, 5.74) is 5.29. The molecule has 0 saturated carbocycles. The summed E-state index contributed by atoms with van der Waals surface area (Å²) in [6, 6.07) is 6.33. The third-order valence-electron chi connectivity index (χ3n) is 2.23. The molecular formula is C13H10BrCl2NO4S2. The molecule has 0 spiro atoms. The van der Waals surface area contributed by atoms with Gasteiger partial charge < -0.3 is 5.73 Å². The number of halogens is 3. The molecule has 1 aromatic heterocycles. The molecule has 10 heteroatoms. The molecular weight excluding hydrogens is 449 g/mol. The average Bonchev–Trinajstić information content (AvgIpc) is 2.81. The van der Waals surface area contributed by atoms with Gasteiger partial charge in [0.05, 0.1) is 16.0 Å². The van der Waals surface area contributed by atoms with Crippen LogP contribution in [0.15, 0.2) is 39.5 Å². The number of nitrogens with two attached hydrogens (primary N) is 1. The zero-order valence-electron chi connectivity index (χ0n) is 11.2. The molecule has 0 aliphatic carbocycles. The van der Waals surface area contributed by atoms with Crippen molar-refractivity contribution in [3.63, 3.8) is 0 Å². The first-order valence-corrected chi connectivity index (χ1v) is 9.67. The number of amides is 1. The molecule has 1 heterocycles. The van der Waals surface area contributed by atoms with E-state index in [4.69, 9.17) is 33.5 Å².